The molecule has 0 bridgehead atoms. The minimum Gasteiger partial charge on any atom is -0.478 e. The molecule has 0 saturated heterocycles. The van der Waals surface area contributed by atoms with Crippen molar-refractivity contribution in [3.63, 3.8) is 0 Å². The van der Waals surface area contributed by atoms with Crippen LogP contribution in [-0.4, -0.2) is 56.1 Å². The monoisotopic (exact) mass is 562 g/mol. The molecule has 0 saturated carbocycles. The summed E-state index contributed by atoms with van der Waals surface area (Å²) in [7, 11) is 4.04. The Morgan fingerprint density at radius 2 is 1.62 bits per heavy atom. The third-order valence-corrected chi connectivity index (χ3v) is 6.88. The number of rotatable bonds is 10. The molecule has 10 heteroatoms. The van der Waals surface area contributed by atoms with Crippen LogP contribution < -0.4 is 10.6 Å². The number of aromatic nitrogens is 3. The van der Waals surface area contributed by atoms with Gasteiger partial charge in [-0.15, -0.1) is 0 Å². The van der Waals surface area contributed by atoms with Crippen LogP contribution in [0.4, 0.5) is 11.4 Å². The first kappa shape index (κ1) is 28.2. The lowest BCUT2D eigenvalue weighted by Crippen LogP contribution is -2.20. The number of nitrogens with one attached hydrogen (secondary N) is 2. The van der Waals surface area contributed by atoms with E-state index in [1.54, 1.807) is 6.07 Å². The number of amides is 2. The van der Waals surface area contributed by atoms with Gasteiger partial charge >= 0.3 is 5.97 Å². The molecule has 5 aromatic rings. The first-order valence-corrected chi connectivity index (χ1v) is 13.4. The molecular formula is C32H30N6O4. The van der Waals surface area contributed by atoms with E-state index in [9.17, 15) is 14.4 Å². The van der Waals surface area contributed by atoms with Gasteiger partial charge in [0.2, 0.25) is 0 Å². The van der Waals surface area contributed by atoms with E-state index in [0.29, 0.717) is 11.4 Å². The van der Waals surface area contributed by atoms with Crippen LogP contribution in [-0.2, 0) is 20.0 Å². The number of carbonyl (C=O) groups excluding carboxylic acids is 2. The molecule has 42 heavy (non-hydrogen) atoms. The molecular weight excluding hydrogens is 532 g/mol. The van der Waals surface area contributed by atoms with Gasteiger partial charge in [-0.3, -0.25) is 19.3 Å². The van der Waals surface area contributed by atoms with E-state index in [1.165, 1.54) is 42.1 Å². The van der Waals surface area contributed by atoms with Gasteiger partial charge in [0, 0.05) is 48.7 Å². The summed E-state index contributed by atoms with van der Waals surface area (Å²) in [5, 5.41) is 20.1. The molecule has 0 radical (unpaired) electrons. The SMILES string of the molecule is CN(CCc1ccc(NC(=O)c2ccnc(C(=O)Nc3cccc(C(=O)O)c3)c2)cc1)Cc1ccc2c(cnn2C)c1. The van der Waals surface area contributed by atoms with Gasteiger partial charge in [0.05, 0.1) is 17.3 Å². The van der Waals surface area contributed by atoms with Gasteiger partial charge in [-0.1, -0.05) is 24.3 Å². The molecule has 0 fully saturated rings. The molecule has 3 aromatic carbocycles. The Morgan fingerprint density at radius 3 is 2.40 bits per heavy atom. The molecule has 0 aliphatic rings. The lowest BCUT2D eigenvalue weighted by molar-refractivity contribution is 0.0696. The molecule has 0 unspecified atom stereocenters. The summed E-state index contributed by atoms with van der Waals surface area (Å²) in [5.41, 5.74) is 4.80. The molecule has 0 aliphatic carbocycles. The smallest absolute Gasteiger partial charge is 0.335 e. The van der Waals surface area contributed by atoms with Gasteiger partial charge in [-0.05, 0) is 79.2 Å². The topological polar surface area (TPSA) is 129 Å². The zero-order valence-electron chi connectivity index (χ0n) is 23.2. The number of carbonyl (C=O) groups is 3. The Morgan fingerprint density at radius 1 is 0.857 bits per heavy atom. The average molecular weight is 563 g/mol. The van der Waals surface area contributed by atoms with Crippen molar-refractivity contribution in [3.05, 3.63) is 119 Å². The molecule has 0 spiro atoms. The van der Waals surface area contributed by atoms with Crippen molar-refractivity contribution >= 4 is 40.1 Å². The predicted octanol–water partition coefficient (Wildman–Crippen LogP) is 4.85. The highest BCUT2D eigenvalue weighted by Gasteiger charge is 2.14. The minimum absolute atomic E-state index is 0.0307. The number of hydrogen-bond donors (Lipinski definition) is 3. The van der Waals surface area contributed by atoms with Crippen LogP contribution in [0.5, 0.6) is 0 Å². The number of aromatic carboxylic acids is 1. The summed E-state index contributed by atoms with van der Waals surface area (Å²) >= 11 is 0. The summed E-state index contributed by atoms with van der Waals surface area (Å²) in [5.74, 6) is -2.03. The van der Waals surface area contributed by atoms with E-state index < -0.39 is 11.9 Å². The number of pyridine rings is 1. The first-order chi connectivity index (χ1) is 20.2. The van der Waals surface area contributed by atoms with E-state index in [2.05, 4.69) is 50.9 Å². The Hall–Kier alpha value is -5.35. The second-order valence-electron chi connectivity index (χ2n) is 10.1. The standard InChI is InChI=1S/C32H30N6O4/c1-37(20-22-8-11-29-25(16-22)19-34-38(29)2)15-13-21-6-9-26(10-7-21)35-30(39)23-12-14-33-28(18-23)31(40)36-27-5-3-4-24(17-27)32(41)42/h3-12,14,16-19H,13,15,20H2,1-2H3,(H,35,39)(H,36,40)(H,41,42). The summed E-state index contributed by atoms with van der Waals surface area (Å²) in [6, 6.07) is 22.9. The van der Waals surface area contributed by atoms with Gasteiger partial charge in [-0.2, -0.15) is 5.10 Å². The second-order valence-corrected chi connectivity index (χ2v) is 10.1. The highest BCUT2D eigenvalue weighted by Crippen LogP contribution is 2.17. The fourth-order valence-corrected chi connectivity index (χ4v) is 4.60. The van der Waals surface area contributed by atoms with Gasteiger partial charge in [-0.25, -0.2) is 4.79 Å². The zero-order valence-corrected chi connectivity index (χ0v) is 23.2. The largest absolute Gasteiger partial charge is 0.478 e. The van der Waals surface area contributed by atoms with Crippen LogP contribution >= 0.6 is 0 Å². The predicted molar refractivity (Wildman–Crippen MR) is 161 cm³/mol. The Labute approximate surface area is 242 Å². The van der Waals surface area contributed by atoms with Crippen molar-refractivity contribution in [1.29, 1.82) is 0 Å². The van der Waals surface area contributed by atoms with Crippen molar-refractivity contribution in [2.45, 2.75) is 13.0 Å². The molecule has 3 N–H and O–H groups in total. The summed E-state index contributed by atoms with van der Waals surface area (Å²) < 4.78 is 1.87. The number of benzene rings is 3. The average Bonchev–Trinajstić information content (AvgIpc) is 3.36. The lowest BCUT2D eigenvalue weighted by atomic mass is 10.1. The number of fused-ring (bicyclic) bond motifs is 1. The number of carboxylic acid groups (broad SMARTS) is 1. The maximum absolute atomic E-state index is 12.9. The third-order valence-electron chi connectivity index (χ3n) is 6.88. The molecule has 2 amide bonds. The van der Waals surface area contributed by atoms with E-state index >= 15 is 0 Å². The van der Waals surface area contributed by atoms with Crippen molar-refractivity contribution in [3.8, 4) is 0 Å². The quantitative estimate of drug-likeness (QED) is 0.222. The van der Waals surface area contributed by atoms with Gasteiger partial charge in [0.25, 0.3) is 11.8 Å². The van der Waals surface area contributed by atoms with Crippen LogP contribution in [0, 0.1) is 0 Å². The van der Waals surface area contributed by atoms with Gasteiger partial charge in [0.15, 0.2) is 0 Å². The van der Waals surface area contributed by atoms with E-state index in [4.69, 9.17) is 5.11 Å². The Balaban J connectivity index is 1.13. The fourth-order valence-electron chi connectivity index (χ4n) is 4.60. The van der Waals surface area contributed by atoms with Crippen LogP contribution in [0.25, 0.3) is 10.9 Å². The molecule has 5 rings (SSSR count). The normalized spacial score (nSPS) is 11.0. The van der Waals surface area contributed by atoms with Crippen LogP contribution in [0.3, 0.4) is 0 Å². The molecule has 0 aliphatic heterocycles. The Bertz CT molecular complexity index is 1760. The Kier molecular flexibility index (Phi) is 8.35. The summed E-state index contributed by atoms with van der Waals surface area (Å²) in [4.78, 5) is 43.0. The minimum atomic E-state index is -1.10. The number of hydrogen-bond acceptors (Lipinski definition) is 6. The van der Waals surface area contributed by atoms with Crippen LogP contribution in [0.15, 0.2) is 91.3 Å². The molecule has 0 atom stereocenters. The summed E-state index contributed by atoms with van der Waals surface area (Å²) in [6.45, 7) is 1.71. The molecule has 212 valence electrons. The zero-order chi connectivity index (χ0) is 29.6. The number of anilines is 2. The molecule has 2 heterocycles. The number of carboxylic acids is 1. The number of nitrogens with zero attached hydrogens (tertiary/aromatic N) is 4. The molecule has 10 nitrogen and oxygen atoms in total. The van der Waals surface area contributed by atoms with Crippen LogP contribution in [0.1, 0.15) is 42.3 Å². The van der Waals surface area contributed by atoms with Crippen molar-refractivity contribution < 1.29 is 19.5 Å². The summed E-state index contributed by atoms with van der Waals surface area (Å²) in [6.07, 6.45) is 4.12. The maximum Gasteiger partial charge on any atom is 0.335 e. The fraction of sp³-hybridized carbons (Fsp3) is 0.156. The van der Waals surface area contributed by atoms with Crippen molar-refractivity contribution in [2.75, 3.05) is 24.2 Å². The van der Waals surface area contributed by atoms with Crippen LogP contribution in [0.2, 0.25) is 0 Å². The second kappa shape index (κ2) is 12.4. The lowest BCUT2D eigenvalue weighted by Gasteiger charge is -2.17. The van der Waals surface area contributed by atoms with E-state index in [-0.39, 0.29) is 22.7 Å². The van der Waals surface area contributed by atoms with Gasteiger partial charge in [0.1, 0.15) is 5.69 Å². The third kappa shape index (κ3) is 6.86. The number of aryl methyl sites for hydroxylation is 1. The highest BCUT2D eigenvalue weighted by atomic mass is 16.4. The maximum atomic E-state index is 12.9. The van der Waals surface area contributed by atoms with E-state index in [1.807, 2.05) is 42.2 Å². The van der Waals surface area contributed by atoms with Crippen molar-refractivity contribution in [2.24, 2.45) is 7.05 Å². The van der Waals surface area contributed by atoms with Crippen molar-refractivity contribution in [1.82, 2.24) is 19.7 Å². The van der Waals surface area contributed by atoms with E-state index in [0.717, 1.165) is 36.0 Å². The highest BCUT2D eigenvalue weighted by molar-refractivity contribution is 6.08. The first-order valence-electron chi connectivity index (χ1n) is 13.4. The van der Waals surface area contributed by atoms with Gasteiger partial charge < -0.3 is 20.6 Å². The number of likely N-dealkylation sites (N-methyl/N-ethyl adjacent to an activating group) is 1. The molecule has 2 aromatic heterocycles.